The minimum atomic E-state index is -3.54. The number of carboxylic acid groups (broad SMARTS) is 1. The van der Waals surface area contributed by atoms with Crippen LogP contribution in [0.1, 0.15) is 50.7 Å². The van der Waals surface area contributed by atoms with E-state index in [-0.39, 0.29) is 6.54 Å². The van der Waals surface area contributed by atoms with Crippen LogP contribution in [0.3, 0.4) is 0 Å². The lowest BCUT2D eigenvalue weighted by Crippen LogP contribution is -2.70. The zero-order valence-corrected chi connectivity index (χ0v) is 18.4. The van der Waals surface area contributed by atoms with E-state index >= 15 is 0 Å². The third-order valence-corrected chi connectivity index (χ3v) is 8.56. The van der Waals surface area contributed by atoms with Crippen molar-refractivity contribution in [2.24, 2.45) is 5.41 Å². The predicted octanol–water partition coefficient (Wildman–Crippen LogP) is 3.93. The predicted molar refractivity (Wildman–Crippen MR) is 110 cm³/mol. The number of likely N-dealkylation sites (tertiary alicyclic amines) is 1. The van der Waals surface area contributed by atoms with Crippen molar-refractivity contribution >= 4 is 27.7 Å². The van der Waals surface area contributed by atoms with E-state index in [1.54, 1.807) is 4.31 Å². The van der Waals surface area contributed by atoms with Crippen molar-refractivity contribution in [1.29, 1.82) is 0 Å². The van der Waals surface area contributed by atoms with Gasteiger partial charge in [0.25, 0.3) is 0 Å². The minimum absolute atomic E-state index is 0.0514. The number of rotatable bonds is 3. The van der Waals surface area contributed by atoms with Gasteiger partial charge in [-0.05, 0) is 54.4 Å². The second kappa shape index (κ2) is 7.50. The fourth-order valence-corrected chi connectivity index (χ4v) is 7.22. The molecule has 156 valence electrons. The first-order valence-electron chi connectivity index (χ1n) is 9.67. The summed E-state index contributed by atoms with van der Waals surface area (Å²) in [6.07, 6.45) is 0.470. The molecule has 2 saturated heterocycles. The minimum Gasteiger partial charge on any atom is -0.465 e. The smallest absolute Gasteiger partial charge is 0.407 e. The van der Waals surface area contributed by atoms with Gasteiger partial charge in [0.15, 0.2) is 0 Å². The van der Waals surface area contributed by atoms with Crippen LogP contribution >= 0.6 is 11.6 Å². The van der Waals surface area contributed by atoms with Crippen molar-refractivity contribution in [3.8, 4) is 0 Å². The van der Waals surface area contributed by atoms with Crippen LogP contribution in [-0.4, -0.2) is 59.7 Å². The number of benzene rings is 1. The summed E-state index contributed by atoms with van der Waals surface area (Å²) < 4.78 is 28.0. The van der Waals surface area contributed by atoms with Crippen LogP contribution in [0.25, 0.3) is 0 Å². The number of carbonyl (C=O) groups is 1. The zero-order valence-electron chi connectivity index (χ0n) is 16.9. The van der Waals surface area contributed by atoms with Crippen LogP contribution in [0.5, 0.6) is 0 Å². The Kier molecular flexibility index (Phi) is 5.73. The molecule has 28 heavy (non-hydrogen) atoms. The molecule has 2 fully saturated rings. The SMILES string of the molecule is Cc1cc(Cl)ccc1C1CCN(S(=O)(=O)C2CN(C(=O)O)C2C(C)(C)C)CC1. The van der Waals surface area contributed by atoms with Crippen LogP contribution in [-0.2, 0) is 10.0 Å². The molecule has 0 aromatic heterocycles. The van der Waals surface area contributed by atoms with Crippen LogP contribution in [0.15, 0.2) is 18.2 Å². The lowest BCUT2D eigenvalue weighted by molar-refractivity contribution is 0.0218. The summed E-state index contributed by atoms with van der Waals surface area (Å²) >= 11 is 6.05. The van der Waals surface area contributed by atoms with Gasteiger partial charge in [-0.3, -0.25) is 0 Å². The number of amides is 1. The molecule has 3 rings (SSSR count). The van der Waals surface area contributed by atoms with Gasteiger partial charge >= 0.3 is 6.09 Å². The van der Waals surface area contributed by atoms with Crippen molar-refractivity contribution in [1.82, 2.24) is 9.21 Å². The fourth-order valence-electron chi connectivity index (χ4n) is 4.66. The molecule has 1 aromatic carbocycles. The Balaban J connectivity index is 1.72. The Hall–Kier alpha value is -1.31. The molecule has 8 heteroatoms. The number of sulfonamides is 1. The maximum atomic E-state index is 13.2. The molecule has 2 aliphatic heterocycles. The molecule has 1 amide bonds. The van der Waals surface area contributed by atoms with E-state index in [1.807, 2.05) is 45.9 Å². The van der Waals surface area contributed by atoms with Gasteiger partial charge < -0.3 is 10.0 Å². The molecule has 2 heterocycles. The summed E-state index contributed by atoms with van der Waals surface area (Å²) in [4.78, 5) is 12.7. The largest absolute Gasteiger partial charge is 0.465 e. The molecular formula is C20H29ClN2O4S. The third-order valence-electron chi connectivity index (χ3n) is 6.07. The molecule has 1 aromatic rings. The van der Waals surface area contributed by atoms with Crippen LogP contribution < -0.4 is 0 Å². The van der Waals surface area contributed by atoms with Crippen molar-refractivity contribution in [3.63, 3.8) is 0 Å². The van der Waals surface area contributed by atoms with Crippen LogP contribution in [0, 0.1) is 12.3 Å². The number of hydrogen-bond donors (Lipinski definition) is 1. The fraction of sp³-hybridized carbons (Fsp3) is 0.650. The average molecular weight is 429 g/mol. The third kappa shape index (κ3) is 3.89. The molecule has 2 atom stereocenters. The highest BCUT2D eigenvalue weighted by Gasteiger charge is 2.55. The zero-order chi connectivity index (χ0) is 20.9. The lowest BCUT2D eigenvalue weighted by Gasteiger charge is -2.53. The van der Waals surface area contributed by atoms with E-state index in [0.29, 0.717) is 24.0 Å². The Morgan fingerprint density at radius 2 is 1.82 bits per heavy atom. The molecule has 2 unspecified atom stereocenters. The summed E-state index contributed by atoms with van der Waals surface area (Å²) in [6, 6.07) is 5.35. The Bertz CT molecular complexity index is 857. The Labute approximate surface area is 172 Å². The molecule has 0 spiro atoms. The molecule has 2 aliphatic rings. The van der Waals surface area contributed by atoms with Crippen molar-refractivity contribution in [3.05, 3.63) is 34.3 Å². The first-order chi connectivity index (χ1) is 12.9. The van der Waals surface area contributed by atoms with Gasteiger partial charge in [0.1, 0.15) is 5.25 Å². The normalized spacial score (nSPS) is 24.8. The molecule has 0 aliphatic carbocycles. The second-order valence-corrected chi connectivity index (χ2v) is 11.6. The van der Waals surface area contributed by atoms with E-state index in [4.69, 9.17) is 11.6 Å². The maximum Gasteiger partial charge on any atom is 0.407 e. The average Bonchev–Trinajstić information content (AvgIpc) is 2.51. The van der Waals surface area contributed by atoms with E-state index in [0.717, 1.165) is 18.4 Å². The van der Waals surface area contributed by atoms with Gasteiger partial charge in [-0.2, -0.15) is 0 Å². The first kappa shape index (κ1) is 21.4. The van der Waals surface area contributed by atoms with Crippen molar-refractivity contribution < 1.29 is 18.3 Å². The van der Waals surface area contributed by atoms with E-state index in [1.165, 1.54) is 10.5 Å². The number of nitrogens with zero attached hydrogens (tertiary/aromatic N) is 2. The van der Waals surface area contributed by atoms with Gasteiger partial charge in [0, 0.05) is 24.7 Å². The lowest BCUT2D eigenvalue weighted by atomic mass is 9.79. The summed E-state index contributed by atoms with van der Waals surface area (Å²) in [6.45, 7) is 8.70. The van der Waals surface area contributed by atoms with Crippen LogP contribution in [0.2, 0.25) is 5.02 Å². The van der Waals surface area contributed by atoms with E-state index in [2.05, 4.69) is 0 Å². The first-order valence-corrected chi connectivity index (χ1v) is 11.6. The summed E-state index contributed by atoms with van der Waals surface area (Å²) in [5, 5.41) is 9.42. The molecule has 0 saturated carbocycles. The van der Waals surface area contributed by atoms with E-state index < -0.39 is 32.8 Å². The topological polar surface area (TPSA) is 77.9 Å². The van der Waals surface area contributed by atoms with Crippen molar-refractivity contribution in [2.75, 3.05) is 19.6 Å². The highest BCUT2D eigenvalue weighted by Crippen LogP contribution is 2.40. The van der Waals surface area contributed by atoms with E-state index in [9.17, 15) is 18.3 Å². The standard InChI is InChI=1S/C20H29ClN2O4S/c1-13-11-15(21)5-6-16(13)14-7-9-22(10-8-14)28(26,27)17-12-23(19(24)25)18(17)20(2,3)4/h5-6,11,14,17-18H,7-10,12H2,1-4H3,(H,24,25). The van der Waals surface area contributed by atoms with Gasteiger partial charge in [-0.15, -0.1) is 0 Å². The summed E-state index contributed by atoms with van der Waals surface area (Å²) in [7, 11) is -3.54. The highest BCUT2D eigenvalue weighted by molar-refractivity contribution is 7.89. The Morgan fingerprint density at radius 3 is 2.32 bits per heavy atom. The molecule has 6 nitrogen and oxygen atoms in total. The number of halogens is 1. The number of hydrogen-bond acceptors (Lipinski definition) is 3. The molecular weight excluding hydrogens is 400 g/mol. The second-order valence-electron chi connectivity index (χ2n) is 9.00. The highest BCUT2D eigenvalue weighted by atomic mass is 35.5. The number of piperidine rings is 1. The number of aryl methyl sites for hydroxylation is 1. The van der Waals surface area contributed by atoms with Gasteiger partial charge in [-0.25, -0.2) is 17.5 Å². The molecule has 0 radical (unpaired) electrons. The van der Waals surface area contributed by atoms with Gasteiger partial charge in [0.2, 0.25) is 10.0 Å². The van der Waals surface area contributed by atoms with Gasteiger partial charge in [-0.1, -0.05) is 38.4 Å². The summed E-state index contributed by atoms with van der Waals surface area (Å²) in [5.41, 5.74) is 1.93. The molecule has 1 N–H and O–H groups in total. The Morgan fingerprint density at radius 1 is 1.21 bits per heavy atom. The quantitative estimate of drug-likeness (QED) is 0.791. The maximum absolute atomic E-state index is 13.2. The van der Waals surface area contributed by atoms with Crippen molar-refractivity contribution in [2.45, 2.75) is 57.7 Å². The monoisotopic (exact) mass is 428 g/mol. The molecule has 0 bridgehead atoms. The van der Waals surface area contributed by atoms with Crippen LogP contribution in [0.4, 0.5) is 4.79 Å². The van der Waals surface area contributed by atoms with Gasteiger partial charge in [0.05, 0.1) is 6.04 Å². The summed E-state index contributed by atoms with van der Waals surface area (Å²) in [5.74, 6) is 0.319.